The molecule has 63 heavy (non-hydrogen) atoms. The molecule has 0 spiro atoms. The maximum absolute atomic E-state index is 6.40. The highest BCUT2D eigenvalue weighted by Gasteiger charge is 2.41. The number of fused-ring (bicyclic) bond motifs is 3. The molecular formula is C60H43NOSi. The molecule has 0 amide bonds. The van der Waals surface area contributed by atoms with Gasteiger partial charge in [0.05, 0.1) is 0 Å². The fraction of sp³-hybridized carbons (Fsp3) is 0. The summed E-state index contributed by atoms with van der Waals surface area (Å²) in [7, 11) is -2.61. The number of hydrogen-bond acceptors (Lipinski definition) is 2. The quantitative estimate of drug-likeness (QED) is 0.101. The average Bonchev–Trinajstić information content (AvgIpc) is 3.74. The van der Waals surface area contributed by atoms with Crippen molar-refractivity contribution >= 4 is 67.8 Å². The summed E-state index contributed by atoms with van der Waals surface area (Å²) in [5.41, 5.74) is 12.1. The molecule has 11 aromatic rings. The van der Waals surface area contributed by atoms with E-state index < -0.39 is 8.07 Å². The minimum absolute atomic E-state index is 0.867. The topological polar surface area (TPSA) is 16.4 Å². The van der Waals surface area contributed by atoms with Crippen LogP contribution >= 0.6 is 0 Å². The molecule has 0 saturated carbocycles. The first-order valence-corrected chi connectivity index (χ1v) is 23.6. The van der Waals surface area contributed by atoms with Crippen molar-refractivity contribution < 1.29 is 4.42 Å². The molecule has 0 unspecified atom stereocenters. The van der Waals surface area contributed by atoms with Crippen LogP contribution in [0.4, 0.5) is 17.1 Å². The molecule has 3 heteroatoms. The van der Waals surface area contributed by atoms with Gasteiger partial charge in [0, 0.05) is 33.9 Å². The van der Waals surface area contributed by atoms with Gasteiger partial charge in [-0.05, 0) is 96.6 Å². The monoisotopic (exact) mass is 821 g/mol. The van der Waals surface area contributed by atoms with Crippen LogP contribution in [0.15, 0.2) is 265 Å². The van der Waals surface area contributed by atoms with Gasteiger partial charge < -0.3 is 9.32 Å². The third kappa shape index (κ3) is 7.05. The van der Waals surface area contributed by atoms with Crippen LogP contribution in [0.25, 0.3) is 55.3 Å². The van der Waals surface area contributed by atoms with Gasteiger partial charge in [0.25, 0.3) is 0 Å². The predicted molar refractivity (Wildman–Crippen MR) is 268 cm³/mol. The molecule has 0 atom stereocenters. The number of furan rings is 1. The number of nitrogens with zero attached hydrogens (tertiary/aromatic N) is 1. The Balaban J connectivity index is 0.957. The summed E-state index contributed by atoms with van der Waals surface area (Å²) in [5, 5.41) is 7.70. The predicted octanol–water partition coefficient (Wildman–Crippen LogP) is 13.4. The average molecular weight is 822 g/mol. The van der Waals surface area contributed by atoms with Gasteiger partial charge >= 0.3 is 0 Å². The standard InChI is InChI=1S/C60H43NOSi/c1-5-15-44(16-6-1)45-25-27-46(28-26-45)47-29-35-50(36-30-47)61(52-39-42-58-57-23-13-14-24-59(57)62-60(58)43-52)51-37-31-48(32-38-51)49-33-40-56(41-34-49)63(53-17-7-2-8-18-53,54-19-9-3-10-20-54)55-21-11-4-12-22-55/h1-43H. The zero-order chi connectivity index (χ0) is 42.0. The summed E-state index contributed by atoms with van der Waals surface area (Å²) < 4.78 is 6.40. The van der Waals surface area contributed by atoms with Crippen LogP contribution in [-0.2, 0) is 0 Å². The molecular weight excluding hydrogens is 779 g/mol. The van der Waals surface area contributed by atoms with Crippen molar-refractivity contribution in [2.24, 2.45) is 0 Å². The second-order valence-electron chi connectivity index (χ2n) is 16.1. The van der Waals surface area contributed by atoms with Gasteiger partial charge in [-0.25, -0.2) is 0 Å². The van der Waals surface area contributed by atoms with Gasteiger partial charge in [0.15, 0.2) is 8.07 Å². The Morgan fingerprint density at radius 3 is 1.06 bits per heavy atom. The maximum Gasteiger partial charge on any atom is 0.179 e. The first-order valence-electron chi connectivity index (χ1n) is 21.6. The van der Waals surface area contributed by atoms with Crippen molar-refractivity contribution in [2.75, 3.05) is 4.90 Å². The van der Waals surface area contributed by atoms with Crippen LogP contribution in [0.3, 0.4) is 0 Å². The van der Waals surface area contributed by atoms with Gasteiger partial charge in [-0.2, -0.15) is 0 Å². The lowest BCUT2D eigenvalue weighted by atomic mass is 10.00. The van der Waals surface area contributed by atoms with Gasteiger partial charge in [-0.1, -0.05) is 212 Å². The Labute approximate surface area is 369 Å². The number of hydrogen-bond donors (Lipinski definition) is 0. The smallest absolute Gasteiger partial charge is 0.179 e. The Morgan fingerprint density at radius 2 is 0.587 bits per heavy atom. The van der Waals surface area contributed by atoms with Crippen molar-refractivity contribution in [3.05, 3.63) is 261 Å². The van der Waals surface area contributed by atoms with Crippen LogP contribution < -0.4 is 25.6 Å². The van der Waals surface area contributed by atoms with E-state index in [1.807, 2.05) is 12.1 Å². The van der Waals surface area contributed by atoms with E-state index in [0.29, 0.717) is 0 Å². The number of rotatable bonds is 10. The fourth-order valence-electron chi connectivity index (χ4n) is 9.37. The first kappa shape index (κ1) is 38.0. The van der Waals surface area contributed by atoms with Gasteiger partial charge in [0.2, 0.25) is 0 Å². The van der Waals surface area contributed by atoms with E-state index in [0.717, 1.165) is 39.0 Å². The van der Waals surface area contributed by atoms with Crippen LogP contribution in [-0.4, -0.2) is 8.07 Å². The van der Waals surface area contributed by atoms with E-state index in [1.54, 1.807) is 0 Å². The lowest BCUT2D eigenvalue weighted by molar-refractivity contribution is 0.669. The Morgan fingerprint density at radius 1 is 0.254 bits per heavy atom. The van der Waals surface area contributed by atoms with Gasteiger partial charge in [0.1, 0.15) is 11.2 Å². The Hall–Kier alpha value is -7.98. The number of para-hydroxylation sites is 1. The molecule has 0 N–H and O–H groups in total. The van der Waals surface area contributed by atoms with E-state index in [4.69, 9.17) is 4.42 Å². The highest BCUT2D eigenvalue weighted by molar-refractivity contribution is 7.19. The molecule has 2 nitrogen and oxygen atoms in total. The Kier molecular flexibility index (Phi) is 9.93. The first-order chi connectivity index (χ1) is 31.2. The van der Waals surface area contributed by atoms with E-state index in [9.17, 15) is 0 Å². The third-order valence-electron chi connectivity index (χ3n) is 12.5. The summed E-state index contributed by atoms with van der Waals surface area (Å²) in [6, 6.07) is 94.7. The SMILES string of the molecule is c1ccc(-c2ccc(-c3ccc(N(c4ccc(-c5ccc([Si](c6ccccc6)(c6ccccc6)c6ccccc6)cc5)cc4)c4ccc5c(c4)oc4ccccc45)cc3)cc2)cc1. The summed E-state index contributed by atoms with van der Waals surface area (Å²) in [6.07, 6.45) is 0. The summed E-state index contributed by atoms with van der Waals surface area (Å²) >= 11 is 0. The molecule has 298 valence electrons. The van der Waals surface area contributed by atoms with Crippen molar-refractivity contribution in [3.8, 4) is 33.4 Å². The second-order valence-corrected chi connectivity index (χ2v) is 19.9. The normalized spacial score (nSPS) is 11.5. The van der Waals surface area contributed by atoms with E-state index in [2.05, 4.69) is 254 Å². The molecule has 0 fully saturated rings. The van der Waals surface area contributed by atoms with Crippen LogP contribution in [0.5, 0.6) is 0 Å². The summed E-state index contributed by atoms with van der Waals surface area (Å²) in [5.74, 6) is 0. The molecule has 11 rings (SSSR count). The number of anilines is 3. The lowest BCUT2D eigenvalue weighted by Crippen LogP contribution is -2.74. The summed E-state index contributed by atoms with van der Waals surface area (Å²) in [6.45, 7) is 0. The van der Waals surface area contributed by atoms with Gasteiger partial charge in [-0.3, -0.25) is 0 Å². The fourth-order valence-corrected chi connectivity index (χ4v) is 14.1. The highest BCUT2D eigenvalue weighted by Crippen LogP contribution is 2.40. The lowest BCUT2D eigenvalue weighted by Gasteiger charge is -2.34. The van der Waals surface area contributed by atoms with Crippen LogP contribution in [0, 0.1) is 0 Å². The van der Waals surface area contributed by atoms with Crippen LogP contribution in [0.2, 0.25) is 0 Å². The van der Waals surface area contributed by atoms with Crippen molar-refractivity contribution in [2.45, 2.75) is 0 Å². The zero-order valence-electron chi connectivity index (χ0n) is 34.7. The molecule has 1 heterocycles. The Bertz CT molecular complexity index is 3180. The molecule has 10 aromatic carbocycles. The molecule has 0 bridgehead atoms. The molecule has 0 saturated heterocycles. The van der Waals surface area contributed by atoms with E-state index >= 15 is 0 Å². The summed E-state index contributed by atoms with van der Waals surface area (Å²) in [4.78, 5) is 2.32. The largest absolute Gasteiger partial charge is 0.456 e. The maximum atomic E-state index is 6.40. The minimum atomic E-state index is -2.61. The molecule has 1 aromatic heterocycles. The number of benzene rings is 10. The van der Waals surface area contributed by atoms with Crippen molar-refractivity contribution in [3.63, 3.8) is 0 Å². The molecule has 0 aliphatic rings. The van der Waals surface area contributed by atoms with Crippen LogP contribution in [0.1, 0.15) is 0 Å². The van der Waals surface area contributed by atoms with Crippen molar-refractivity contribution in [1.82, 2.24) is 0 Å². The van der Waals surface area contributed by atoms with Crippen molar-refractivity contribution in [1.29, 1.82) is 0 Å². The third-order valence-corrected chi connectivity index (χ3v) is 17.3. The van der Waals surface area contributed by atoms with Gasteiger partial charge in [-0.15, -0.1) is 0 Å². The molecule has 0 aliphatic heterocycles. The molecule has 0 radical (unpaired) electrons. The molecule has 0 aliphatic carbocycles. The minimum Gasteiger partial charge on any atom is -0.456 e. The second kappa shape index (κ2) is 16.5. The van der Waals surface area contributed by atoms with E-state index in [1.165, 1.54) is 54.1 Å². The highest BCUT2D eigenvalue weighted by atomic mass is 28.3. The van der Waals surface area contributed by atoms with E-state index in [-0.39, 0.29) is 0 Å². The zero-order valence-corrected chi connectivity index (χ0v) is 35.7.